The SMILES string of the molecule is CNCC(O)COc1ccc(F)c(-c2nc(-c3c(C)noc3C)c(C)c(N3Cc4cnn(C)c4C3)n2)c1. The van der Waals surface area contributed by atoms with Gasteiger partial charge in [0.1, 0.15) is 35.9 Å². The van der Waals surface area contributed by atoms with Gasteiger partial charge in [-0.05, 0) is 46.0 Å². The Labute approximate surface area is 214 Å². The number of benzene rings is 1. The molecule has 0 bridgehead atoms. The molecule has 4 aromatic rings. The van der Waals surface area contributed by atoms with Gasteiger partial charge in [0, 0.05) is 31.3 Å². The van der Waals surface area contributed by atoms with E-state index >= 15 is 4.39 Å². The number of hydrogen-bond donors (Lipinski definition) is 2. The number of aliphatic hydroxyl groups is 1. The second kappa shape index (κ2) is 9.91. The first kappa shape index (κ1) is 24.8. The summed E-state index contributed by atoms with van der Waals surface area (Å²) >= 11 is 0. The number of ether oxygens (including phenoxy) is 1. The number of hydrogen-bond acceptors (Lipinski definition) is 9. The number of halogens is 1. The molecule has 194 valence electrons. The molecule has 1 aliphatic heterocycles. The van der Waals surface area contributed by atoms with Gasteiger partial charge in [0.05, 0.1) is 41.0 Å². The molecule has 4 heterocycles. The van der Waals surface area contributed by atoms with E-state index in [9.17, 15) is 5.11 Å². The van der Waals surface area contributed by atoms with Crippen molar-refractivity contribution in [2.75, 3.05) is 25.1 Å². The number of aromatic nitrogens is 5. The van der Waals surface area contributed by atoms with Crippen LogP contribution in [0.5, 0.6) is 5.75 Å². The van der Waals surface area contributed by atoms with Crippen LogP contribution < -0.4 is 15.0 Å². The third-order valence-corrected chi connectivity index (χ3v) is 6.60. The van der Waals surface area contributed by atoms with Crippen molar-refractivity contribution in [1.82, 2.24) is 30.2 Å². The summed E-state index contributed by atoms with van der Waals surface area (Å²) in [4.78, 5) is 11.8. The lowest BCUT2D eigenvalue weighted by Gasteiger charge is -2.22. The Kier molecular flexibility index (Phi) is 6.65. The summed E-state index contributed by atoms with van der Waals surface area (Å²) in [5, 5.41) is 21.3. The lowest BCUT2D eigenvalue weighted by atomic mass is 10.0. The van der Waals surface area contributed by atoms with Crippen LogP contribution in [0, 0.1) is 26.6 Å². The van der Waals surface area contributed by atoms with Gasteiger partial charge in [0.25, 0.3) is 0 Å². The number of aryl methyl sites for hydroxylation is 3. The highest BCUT2D eigenvalue weighted by Gasteiger charge is 2.29. The second-order valence-electron chi connectivity index (χ2n) is 9.30. The minimum atomic E-state index is -0.696. The molecule has 37 heavy (non-hydrogen) atoms. The number of likely N-dealkylation sites (N-methyl/N-ethyl adjacent to an activating group) is 1. The molecule has 1 aromatic carbocycles. The number of anilines is 1. The van der Waals surface area contributed by atoms with Crippen LogP contribution in [0.3, 0.4) is 0 Å². The second-order valence-corrected chi connectivity index (χ2v) is 9.30. The standard InChI is InChI=1S/C26H30FN7O3/c1-14-24(23-15(2)32-37-16(23)3)30-25(31-26(14)34-11-17-9-29-33(5)22(17)12-34)20-8-19(6-7-21(20)27)36-13-18(35)10-28-4/h6-9,18,28,35H,10-13H2,1-5H3. The van der Waals surface area contributed by atoms with E-state index in [1.165, 1.54) is 12.1 Å². The monoisotopic (exact) mass is 507 g/mol. The van der Waals surface area contributed by atoms with Gasteiger partial charge in [-0.1, -0.05) is 5.16 Å². The number of nitrogens with one attached hydrogen (secondary N) is 1. The van der Waals surface area contributed by atoms with Crippen LogP contribution >= 0.6 is 0 Å². The van der Waals surface area contributed by atoms with Gasteiger partial charge in [-0.2, -0.15) is 5.10 Å². The molecule has 1 atom stereocenters. The summed E-state index contributed by atoms with van der Waals surface area (Å²) in [7, 11) is 3.67. The number of nitrogens with zero attached hydrogens (tertiary/aromatic N) is 6. The van der Waals surface area contributed by atoms with Crippen molar-refractivity contribution in [2.45, 2.75) is 40.0 Å². The molecule has 0 aliphatic carbocycles. The molecule has 3 aromatic heterocycles. The van der Waals surface area contributed by atoms with Crippen molar-refractivity contribution in [3.63, 3.8) is 0 Å². The molecule has 0 saturated carbocycles. The van der Waals surface area contributed by atoms with E-state index in [1.807, 2.05) is 38.7 Å². The van der Waals surface area contributed by atoms with E-state index in [4.69, 9.17) is 19.2 Å². The molecule has 5 rings (SSSR count). The smallest absolute Gasteiger partial charge is 0.165 e. The van der Waals surface area contributed by atoms with Gasteiger partial charge >= 0.3 is 0 Å². The van der Waals surface area contributed by atoms with Crippen molar-refractivity contribution in [3.05, 3.63) is 58.5 Å². The van der Waals surface area contributed by atoms with Crippen molar-refractivity contribution >= 4 is 5.82 Å². The highest BCUT2D eigenvalue weighted by atomic mass is 19.1. The van der Waals surface area contributed by atoms with Crippen LogP contribution in [0.25, 0.3) is 22.6 Å². The Morgan fingerprint density at radius 1 is 1.22 bits per heavy atom. The van der Waals surface area contributed by atoms with Crippen LogP contribution in [-0.4, -0.2) is 56.3 Å². The molecule has 11 heteroatoms. The molecule has 0 spiro atoms. The van der Waals surface area contributed by atoms with E-state index in [-0.39, 0.29) is 18.0 Å². The summed E-state index contributed by atoms with van der Waals surface area (Å²) in [6.07, 6.45) is 1.17. The summed E-state index contributed by atoms with van der Waals surface area (Å²) in [5.74, 6) is 1.49. The maximum absolute atomic E-state index is 15.2. The van der Waals surface area contributed by atoms with E-state index in [2.05, 4.69) is 20.5 Å². The van der Waals surface area contributed by atoms with Crippen LogP contribution in [-0.2, 0) is 20.1 Å². The first-order valence-electron chi connectivity index (χ1n) is 12.1. The predicted molar refractivity (Wildman–Crippen MR) is 136 cm³/mol. The molecule has 0 fully saturated rings. The van der Waals surface area contributed by atoms with Gasteiger partial charge in [-0.3, -0.25) is 4.68 Å². The van der Waals surface area contributed by atoms with Crippen molar-refractivity contribution in [3.8, 4) is 28.4 Å². The van der Waals surface area contributed by atoms with Gasteiger partial charge in [-0.25, -0.2) is 14.4 Å². The zero-order chi connectivity index (χ0) is 26.3. The topological polar surface area (TPSA) is 114 Å². The van der Waals surface area contributed by atoms with Crippen molar-refractivity contribution < 1.29 is 18.8 Å². The summed E-state index contributed by atoms with van der Waals surface area (Å²) < 4.78 is 28.2. The predicted octanol–water partition coefficient (Wildman–Crippen LogP) is 3.08. The Hall–Kier alpha value is -3.83. The summed E-state index contributed by atoms with van der Waals surface area (Å²) in [5.41, 5.74) is 5.39. The Morgan fingerprint density at radius 2 is 2.03 bits per heavy atom. The van der Waals surface area contributed by atoms with Crippen LogP contribution in [0.4, 0.5) is 10.2 Å². The zero-order valence-corrected chi connectivity index (χ0v) is 21.5. The highest BCUT2D eigenvalue weighted by molar-refractivity contribution is 5.75. The molecule has 2 N–H and O–H groups in total. The van der Waals surface area contributed by atoms with E-state index < -0.39 is 11.9 Å². The number of aliphatic hydroxyl groups excluding tert-OH is 1. The average molecular weight is 508 g/mol. The fraction of sp³-hybridized carbons (Fsp3) is 0.385. The quantitative estimate of drug-likeness (QED) is 0.371. The van der Waals surface area contributed by atoms with Gasteiger partial charge in [-0.15, -0.1) is 0 Å². The minimum absolute atomic E-state index is 0.0658. The lowest BCUT2D eigenvalue weighted by molar-refractivity contribution is 0.108. The number of rotatable bonds is 8. The van der Waals surface area contributed by atoms with Gasteiger partial charge in [0.2, 0.25) is 0 Å². The molecule has 1 aliphatic rings. The third-order valence-electron chi connectivity index (χ3n) is 6.60. The summed E-state index contributed by atoms with van der Waals surface area (Å²) in [6, 6.07) is 4.42. The zero-order valence-electron chi connectivity index (χ0n) is 21.5. The third kappa shape index (κ3) is 4.67. The van der Waals surface area contributed by atoms with Crippen LogP contribution in [0.1, 0.15) is 28.3 Å². The number of fused-ring (bicyclic) bond motifs is 1. The molecule has 0 amide bonds. The van der Waals surface area contributed by atoms with Crippen LogP contribution in [0.15, 0.2) is 28.9 Å². The Morgan fingerprint density at radius 3 is 2.73 bits per heavy atom. The van der Waals surface area contributed by atoms with Crippen molar-refractivity contribution in [2.24, 2.45) is 7.05 Å². The molecule has 0 saturated heterocycles. The first-order valence-corrected chi connectivity index (χ1v) is 12.1. The van der Waals surface area contributed by atoms with E-state index in [0.29, 0.717) is 48.3 Å². The molecular weight excluding hydrogens is 477 g/mol. The van der Waals surface area contributed by atoms with E-state index in [1.54, 1.807) is 13.1 Å². The van der Waals surface area contributed by atoms with Crippen molar-refractivity contribution in [1.29, 1.82) is 0 Å². The largest absolute Gasteiger partial charge is 0.491 e. The fourth-order valence-electron chi connectivity index (χ4n) is 4.69. The Balaban J connectivity index is 1.60. The van der Waals surface area contributed by atoms with Gasteiger partial charge in [0.15, 0.2) is 5.82 Å². The first-order chi connectivity index (χ1) is 17.8. The highest BCUT2D eigenvalue weighted by Crippen LogP contribution is 2.38. The van der Waals surface area contributed by atoms with Crippen LogP contribution in [0.2, 0.25) is 0 Å². The molecule has 1 unspecified atom stereocenters. The molecular formula is C26H30FN7O3. The maximum atomic E-state index is 15.2. The molecule has 0 radical (unpaired) electrons. The lowest BCUT2D eigenvalue weighted by Crippen LogP contribution is -2.29. The fourth-order valence-corrected chi connectivity index (χ4v) is 4.69. The van der Waals surface area contributed by atoms with Gasteiger partial charge < -0.3 is 24.6 Å². The normalized spacial score (nSPS) is 13.8. The summed E-state index contributed by atoms with van der Waals surface area (Å²) in [6.45, 7) is 7.36. The maximum Gasteiger partial charge on any atom is 0.165 e. The van der Waals surface area contributed by atoms with E-state index in [0.717, 1.165) is 22.4 Å². The Bertz CT molecular complexity index is 1430. The average Bonchev–Trinajstić information content (AvgIpc) is 3.55. The molecule has 10 nitrogen and oxygen atoms in total. The minimum Gasteiger partial charge on any atom is -0.491 e.